The van der Waals surface area contributed by atoms with Crippen LogP contribution in [0.2, 0.25) is 0 Å². The van der Waals surface area contributed by atoms with E-state index in [9.17, 15) is 4.79 Å². The summed E-state index contributed by atoms with van der Waals surface area (Å²) < 4.78 is 2.06. The molecule has 1 aliphatic rings. The Morgan fingerprint density at radius 2 is 1.92 bits per heavy atom. The molecule has 2 aromatic heterocycles. The van der Waals surface area contributed by atoms with Crippen molar-refractivity contribution in [2.24, 2.45) is 0 Å². The number of nitrogens with one attached hydrogen (secondary N) is 1. The zero-order valence-corrected chi connectivity index (χ0v) is 14.5. The molecule has 0 aliphatic carbocycles. The highest BCUT2D eigenvalue weighted by atomic mass is 16.2. The maximum Gasteiger partial charge on any atom is 0.240 e. The first kappa shape index (κ1) is 16.7. The molecule has 0 aromatic carbocycles. The lowest BCUT2D eigenvalue weighted by molar-refractivity contribution is -0.122. The fourth-order valence-electron chi connectivity index (χ4n) is 3.35. The number of amides is 1. The van der Waals surface area contributed by atoms with Gasteiger partial charge in [-0.15, -0.1) is 0 Å². The van der Waals surface area contributed by atoms with Crippen LogP contribution in [-0.2, 0) is 17.9 Å². The standard InChI is InChI=1S/C19H26N4O/c1-15-5-6-16(2)23(15)14-19(24)21-18-7-10-22(11-8-18)13-17-4-3-9-20-12-17/h3-6,9,12,18H,7-8,10-11,13-14H2,1-2H3,(H,21,24). The van der Waals surface area contributed by atoms with E-state index in [1.165, 1.54) is 5.56 Å². The third-order valence-corrected chi connectivity index (χ3v) is 4.80. The first-order valence-corrected chi connectivity index (χ1v) is 8.65. The summed E-state index contributed by atoms with van der Waals surface area (Å²) in [5, 5.41) is 3.20. The molecule has 0 atom stereocenters. The number of aromatic nitrogens is 2. The van der Waals surface area contributed by atoms with E-state index in [2.05, 4.69) is 38.0 Å². The topological polar surface area (TPSA) is 50.2 Å². The highest BCUT2D eigenvalue weighted by Gasteiger charge is 2.21. The van der Waals surface area contributed by atoms with Gasteiger partial charge in [-0.2, -0.15) is 0 Å². The summed E-state index contributed by atoms with van der Waals surface area (Å²) in [6.45, 7) is 7.47. The molecule has 24 heavy (non-hydrogen) atoms. The van der Waals surface area contributed by atoms with Crippen LogP contribution in [0.15, 0.2) is 36.7 Å². The molecule has 1 fully saturated rings. The van der Waals surface area contributed by atoms with E-state index in [4.69, 9.17) is 0 Å². The van der Waals surface area contributed by atoms with Crippen LogP contribution in [0.25, 0.3) is 0 Å². The third-order valence-electron chi connectivity index (χ3n) is 4.80. The minimum atomic E-state index is 0.114. The van der Waals surface area contributed by atoms with Gasteiger partial charge in [0.15, 0.2) is 0 Å². The Morgan fingerprint density at radius 1 is 1.21 bits per heavy atom. The van der Waals surface area contributed by atoms with Crippen LogP contribution >= 0.6 is 0 Å². The fourth-order valence-corrected chi connectivity index (χ4v) is 3.35. The highest BCUT2D eigenvalue weighted by molar-refractivity contribution is 5.76. The number of hydrogen-bond acceptors (Lipinski definition) is 3. The number of pyridine rings is 1. The second-order valence-electron chi connectivity index (χ2n) is 6.68. The van der Waals surface area contributed by atoms with Gasteiger partial charge in [-0.1, -0.05) is 6.07 Å². The average Bonchev–Trinajstić information content (AvgIpc) is 2.89. The minimum absolute atomic E-state index is 0.114. The minimum Gasteiger partial charge on any atom is -0.352 e. The van der Waals surface area contributed by atoms with Crippen LogP contribution < -0.4 is 5.32 Å². The molecule has 3 rings (SSSR count). The molecule has 5 heteroatoms. The smallest absolute Gasteiger partial charge is 0.240 e. The van der Waals surface area contributed by atoms with Crippen LogP contribution in [-0.4, -0.2) is 39.5 Å². The second-order valence-corrected chi connectivity index (χ2v) is 6.68. The summed E-state index contributed by atoms with van der Waals surface area (Å²) in [5.74, 6) is 0.114. The van der Waals surface area contributed by atoms with Crippen LogP contribution in [0, 0.1) is 13.8 Å². The van der Waals surface area contributed by atoms with Crippen molar-refractivity contribution < 1.29 is 4.79 Å². The molecule has 1 N–H and O–H groups in total. The number of rotatable bonds is 5. The zero-order chi connectivity index (χ0) is 16.9. The van der Waals surface area contributed by atoms with Crippen LogP contribution in [0.3, 0.4) is 0 Å². The summed E-state index contributed by atoms with van der Waals surface area (Å²) in [6, 6.07) is 8.49. The van der Waals surface area contributed by atoms with Gasteiger partial charge in [0.25, 0.3) is 0 Å². The number of carbonyl (C=O) groups is 1. The number of aryl methyl sites for hydroxylation is 2. The molecule has 128 valence electrons. The Hall–Kier alpha value is -2.14. The van der Waals surface area contributed by atoms with E-state index >= 15 is 0 Å². The van der Waals surface area contributed by atoms with E-state index < -0.39 is 0 Å². The normalized spacial score (nSPS) is 16.2. The van der Waals surface area contributed by atoms with Gasteiger partial charge >= 0.3 is 0 Å². The molecule has 0 saturated carbocycles. The van der Waals surface area contributed by atoms with E-state index in [1.807, 2.05) is 26.1 Å². The summed E-state index contributed by atoms with van der Waals surface area (Å²) in [6.07, 6.45) is 5.75. The lowest BCUT2D eigenvalue weighted by Crippen LogP contribution is -2.45. The van der Waals surface area contributed by atoms with Crippen molar-refractivity contribution in [3.05, 3.63) is 53.6 Å². The molecule has 3 heterocycles. The Labute approximate surface area is 143 Å². The Kier molecular flexibility index (Phi) is 5.30. The van der Waals surface area contributed by atoms with Gasteiger partial charge in [0.2, 0.25) is 5.91 Å². The quantitative estimate of drug-likeness (QED) is 0.917. The third kappa shape index (κ3) is 4.23. The summed E-state index contributed by atoms with van der Waals surface area (Å²) >= 11 is 0. The maximum absolute atomic E-state index is 12.3. The molecule has 1 amide bonds. The van der Waals surface area contributed by atoms with Gasteiger partial charge in [0.1, 0.15) is 6.54 Å². The Morgan fingerprint density at radius 3 is 2.54 bits per heavy atom. The predicted molar refractivity (Wildman–Crippen MR) is 94.6 cm³/mol. The predicted octanol–water partition coefficient (Wildman–Crippen LogP) is 2.28. The van der Waals surface area contributed by atoms with Gasteiger partial charge in [-0.05, 0) is 50.5 Å². The summed E-state index contributed by atoms with van der Waals surface area (Å²) in [7, 11) is 0. The van der Waals surface area contributed by atoms with Gasteiger partial charge in [-0.3, -0.25) is 14.7 Å². The van der Waals surface area contributed by atoms with Crippen molar-refractivity contribution >= 4 is 5.91 Å². The molecule has 0 unspecified atom stereocenters. The van der Waals surface area contributed by atoms with E-state index in [0.29, 0.717) is 12.6 Å². The van der Waals surface area contributed by atoms with Gasteiger partial charge in [-0.25, -0.2) is 0 Å². The number of piperidine rings is 1. The lowest BCUT2D eigenvalue weighted by Gasteiger charge is -2.32. The molecule has 5 nitrogen and oxygen atoms in total. The Balaban J connectivity index is 1.44. The highest BCUT2D eigenvalue weighted by Crippen LogP contribution is 2.14. The first-order valence-electron chi connectivity index (χ1n) is 8.65. The van der Waals surface area contributed by atoms with Crippen LogP contribution in [0.5, 0.6) is 0 Å². The SMILES string of the molecule is Cc1ccc(C)n1CC(=O)NC1CCN(Cc2cccnc2)CC1. The summed E-state index contributed by atoms with van der Waals surface area (Å²) in [5.41, 5.74) is 3.52. The molecule has 0 spiro atoms. The Bertz CT molecular complexity index is 652. The van der Waals surface area contributed by atoms with Gasteiger partial charge < -0.3 is 9.88 Å². The number of hydrogen-bond donors (Lipinski definition) is 1. The number of carbonyl (C=O) groups excluding carboxylic acids is 1. The molecule has 0 bridgehead atoms. The molecule has 1 aliphatic heterocycles. The molecule has 0 radical (unpaired) electrons. The maximum atomic E-state index is 12.3. The van der Waals surface area contributed by atoms with Gasteiger partial charge in [0.05, 0.1) is 0 Å². The van der Waals surface area contributed by atoms with Crippen molar-refractivity contribution in [1.29, 1.82) is 0 Å². The van der Waals surface area contributed by atoms with Crippen molar-refractivity contribution in [3.8, 4) is 0 Å². The zero-order valence-electron chi connectivity index (χ0n) is 14.5. The number of nitrogens with zero attached hydrogens (tertiary/aromatic N) is 3. The summed E-state index contributed by atoms with van der Waals surface area (Å²) in [4.78, 5) is 18.9. The van der Waals surface area contributed by atoms with Crippen LogP contribution in [0.4, 0.5) is 0 Å². The van der Waals surface area contributed by atoms with E-state index in [0.717, 1.165) is 43.9 Å². The molecular weight excluding hydrogens is 300 g/mol. The largest absolute Gasteiger partial charge is 0.352 e. The van der Waals surface area contributed by atoms with Crippen molar-refractivity contribution in [2.45, 2.75) is 45.8 Å². The van der Waals surface area contributed by atoms with Crippen molar-refractivity contribution in [1.82, 2.24) is 19.8 Å². The molecule has 1 saturated heterocycles. The van der Waals surface area contributed by atoms with E-state index in [-0.39, 0.29) is 5.91 Å². The molecule has 2 aromatic rings. The van der Waals surface area contributed by atoms with Crippen molar-refractivity contribution in [3.63, 3.8) is 0 Å². The monoisotopic (exact) mass is 326 g/mol. The first-order chi connectivity index (χ1) is 11.6. The molecular formula is C19H26N4O. The number of likely N-dealkylation sites (tertiary alicyclic amines) is 1. The van der Waals surface area contributed by atoms with Crippen LogP contribution in [0.1, 0.15) is 29.8 Å². The van der Waals surface area contributed by atoms with Crippen molar-refractivity contribution in [2.75, 3.05) is 13.1 Å². The van der Waals surface area contributed by atoms with E-state index in [1.54, 1.807) is 6.20 Å². The fraction of sp³-hybridized carbons (Fsp3) is 0.474. The average molecular weight is 326 g/mol. The lowest BCUT2D eigenvalue weighted by atomic mass is 10.0. The van der Waals surface area contributed by atoms with Gasteiger partial charge in [0, 0.05) is 49.5 Å². The second kappa shape index (κ2) is 7.62.